The number of ether oxygens (including phenoxy) is 1. The molecule has 0 spiro atoms. The van der Waals surface area contributed by atoms with Gasteiger partial charge in [-0.1, -0.05) is 12.2 Å². The van der Waals surface area contributed by atoms with E-state index in [0.29, 0.717) is 34.0 Å². The third-order valence-electron chi connectivity index (χ3n) is 7.19. The van der Waals surface area contributed by atoms with Crippen molar-refractivity contribution in [1.29, 1.82) is 5.26 Å². The lowest BCUT2D eigenvalue weighted by Crippen LogP contribution is -2.32. The average Bonchev–Trinajstić information content (AvgIpc) is 3.59. The van der Waals surface area contributed by atoms with Gasteiger partial charge in [-0.3, -0.25) is 19.3 Å². The van der Waals surface area contributed by atoms with E-state index < -0.39 is 0 Å². The van der Waals surface area contributed by atoms with E-state index in [1.807, 2.05) is 0 Å². The summed E-state index contributed by atoms with van der Waals surface area (Å²) in [5.74, 6) is 0.438. The highest BCUT2D eigenvalue weighted by atomic mass is 16.5. The molecule has 1 saturated heterocycles. The molecule has 0 radical (unpaired) electrons. The number of amides is 3. The summed E-state index contributed by atoms with van der Waals surface area (Å²) in [6.45, 7) is 0. The second-order valence-electron chi connectivity index (χ2n) is 9.28. The van der Waals surface area contributed by atoms with Crippen molar-refractivity contribution in [2.24, 2.45) is 23.7 Å². The van der Waals surface area contributed by atoms with Crippen LogP contribution in [0.1, 0.15) is 22.3 Å². The van der Waals surface area contributed by atoms with E-state index in [9.17, 15) is 14.4 Å². The fraction of sp³-hybridized carbons (Fsp3) is 0.172. The second kappa shape index (κ2) is 8.51. The number of fused-ring (bicyclic) bond motifs is 5. The SMILES string of the molecule is N#Cc1ccc(Oc2ccc(NC(=O)c3ccc(N4C(=O)C5C6C=CC(C6)C5C4=O)cc3)cc2)cc1. The minimum Gasteiger partial charge on any atom is -0.457 e. The van der Waals surface area contributed by atoms with Crippen LogP contribution in [0.3, 0.4) is 0 Å². The number of imide groups is 1. The summed E-state index contributed by atoms with van der Waals surface area (Å²) in [6, 6.07) is 22.3. The third kappa shape index (κ3) is 3.64. The maximum Gasteiger partial charge on any atom is 0.255 e. The molecular weight excluding hydrogens is 454 g/mol. The third-order valence-corrected chi connectivity index (χ3v) is 7.19. The van der Waals surface area contributed by atoms with Crippen molar-refractivity contribution in [2.75, 3.05) is 10.2 Å². The second-order valence-corrected chi connectivity index (χ2v) is 9.28. The number of nitriles is 1. The molecule has 2 fully saturated rings. The van der Waals surface area contributed by atoms with Crippen LogP contribution in [0.4, 0.5) is 11.4 Å². The van der Waals surface area contributed by atoms with Gasteiger partial charge >= 0.3 is 0 Å². The molecule has 4 unspecified atom stereocenters. The van der Waals surface area contributed by atoms with Crippen LogP contribution in [0, 0.1) is 35.0 Å². The number of hydrogen-bond donors (Lipinski definition) is 1. The summed E-state index contributed by atoms with van der Waals surface area (Å²) in [4.78, 5) is 40.0. The van der Waals surface area contributed by atoms with Gasteiger partial charge in [-0.25, -0.2) is 0 Å². The van der Waals surface area contributed by atoms with Crippen molar-refractivity contribution < 1.29 is 19.1 Å². The summed E-state index contributed by atoms with van der Waals surface area (Å²) in [6.07, 6.45) is 5.03. The monoisotopic (exact) mass is 475 g/mol. The number of carbonyl (C=O) groups excluding carboxylic acids is 3. The van der Waals surface area contributed by atoms with Gasteiger partial charge in [-0.05, 0) is 91.1 Å². The van der Waals surface area contributed by atoms with E-state index in [0.717, 1.165) is 6.42 Å². The number of benzene rings is 3. The molecule has 3 aromatic carbocycles. The van der Waals surface area contributed by atoms with Crippen LogP contribution in [0.25, 0.3) is 0 Å². The van der Waals surface area contributed by atoms with E-state index in [1.165, 1.54) is 4.90 Å². The fourth-order valence-corrected chi connectivity index (χ4v) is 5.46. The Morgan fingerprint density at radius 2 is 1.39 bits per heavy atom. The highest BCUT2D eigenvalue weighted by Crippen LogP contribution is 2.53. The maximum atomic E-state index is 13.0. The highest BCUT2D eigenvalue weighted by Gasteiger charge is 2.59. The van der Waals surface area contributed by atoms with E-state index in [4.69, 9.17) is 10.00 Å². The minimum absolute atomic E-state index is 0.137. The number of carbonyl (C=O) groups is 3. The Balaban J connectivity index is 1.10. The first kappa shape index (κ1) is 21.8. The Morgan fingerprint density at radius 3 is 1.94 bits per heavy atom. The summed E-state index contributed by atoms with van der Waals surface area (Å²) >= 11 is 0. The molecule has 7 heteroatoms. The van der Waals surface area contributed by atoms with E-state index in [2.05, 4.69) is 23.5 Å². The van der Waals surface area contributed by atoms with Crippen molar-refractivity contribution in [3.8, 4) is 17.6 Å². The molecule has 1 aliphatic heterocycles. The van der Waals surface area contributed by atoms with Crippen molar-refractivity contribution in [3.05, 3.63) is 96.1 Å². The Morgan fingerprint density at radius 1 is 0.833 bits per heavy atom. The van der Waals surface area contributed by atoms with E-state index in [1.54, 1.807) is 72.8 Å². The smallest absolute Gasteiger partial charge is 0.255 e. The molecule has 2 aliphatic carbocycles. The molecule has 7 nitrogen and oxygen atoms in total. The Hall–Kier alpha value is -4.70. The topological polar surface area (TPSA) is 99.5 Å². The highest BCUT2D eigenvalue weighted by molar-refractivity contribution is 6.23. The molecule has 4 atom stereocenters. The minimum atomic E-state index is -0.305. The molecule has 2 bridgehead atoms. The number of rotatable bonds is 5. The van der Waals surface area contributed by atoms with Crippen LogP contribution in [-0.4, -0.2) is 17.7 Å². The summed E-state index contributed by atoms with van der Waals surface area (Å²) < 4.78 is 5.76. The van der Waals surface area contributed by atoms with Gasteiger partial charge in [-0.15, -0.1) is 0 Å². The van der Waals surface area contributed by atoms with E-state index >= 15 is 0 Å². The first-order valence-electron chi connectivity index (χ1n) is 11.8. The van der Waals surface area contributed by atoms with E-state index in [-0.39, 0.29) is 41.4 Å². The molecule has 1 saturated carbocycles. The number of hydrogen-bond acceptors (Lipinski definition) is 5. The van der Waals surface area contributed by atoms with Gasteiger partial charge < -0.3 is 10.1 Å². The largest absolute Gasteiger partial charge is 0.457 e. The summed E-state index contributed by atoms with van der Waals surface area (Å²) in [5.41, 5.74) is 2.06. The molecule has 1 N–H and O–H groups in total. The van der Waals surface area contributed by atoms with Crippen LogP contribution in [0.2, 0.25) is 0 Å². The average molecular weight is 476 g/mol. The summed E-state index contributed by atoms with van der Waals surface area (Å²) in [5, 5.41) is 11.7. The Labute approximate surface area is 207 Å². The van der Waals surface area contributed by atoms with Gasteiger partial charge in [0.2, 0.25) is 11.8 Å². The van der Waals surface area contributed by atoms with Gasteiger partial charge in [0.1, 0.15) is 11.5 Å². The van der Waals surface area contributed by atoms with Gasteiger partial charge in [-0.2, -0.15) is 5.26 Å². The lowest BCUT2D eigenvalue weighted by molar-refractivity contribution is -0.123. The first-order valence-corrected chi connectivity index (χ1v) is 11.8. The van der Waals surface area contributed by atoms with Gasteiger partial charge in [0.05, 0.1) is 29.2 Å². The maximum absolute atomic E-state index is 13.0. The molecule has 176 valence electrons. The zero-order valence-corrected chi connectivity index (χ0v) is 19.1. The molecule has 6 rings (SSSR count). The molecule has 0 aromatic heterocycles. The van der Waals surface area contributed by atoms with Crippen LogP contribution in [0.15, 0.2) is 84.9 Å². The molecule has 3 amide bonds. The number of anilines is 2. The van der Waals surface area contributed by atoms with Crippen molar-refractivity contribution in [2.45, 2.75) is 6.42 Å². The molecular formula is C29H21N3O4. The van der Waals surface area contributed by atoms with Crippen molar-refractivity contribution in [3.63, 3.8) is 0 Å². The zero-order chi connectivity index (χ0) is 24.8. The van der Waals surface area contributed by atoms with Crippen molar-refractivity contribution >= 4 is 29.1 Å². The van der Waals surface area contributed by atoms with Crippen LogP contribution < -0.4 is 15.0 Å². The van der Waals surface area contributed by atoms with Crippen molar-refractivity contribution in [1.82, 2.24) is 0 Å². The zero-order valence-electron chi connectivity index (χ0n) is 19.1. The molecule has 1 heterocycles. The lowest BCUT2D eigenvalue weighted by atomic mass is 9.85. The van der Waals surface area contributed by atoms with Gasteiger partial charge in [0.25, 0.3) is 5.91 Å². The van der Waals surface area contributed by atoms with Crippen LogP contribution in [-0.2, 0) is 9.59 Å². The van der Waals surface area contributed by atoms with Crippen LogP contribution in [0.5, 0.6) is 11.5 Å². The standard InChI is InChI=1S/C29H21N3O4/c30-16-17-1-11-23(12-2-17)36-24-13-7-21(8-14-24)31-27(33)18-5-9-22(10-6-18)32-28(34)25-19-3-4-20(15-19)26(25)29(32)35/h1-14,19-20,25-26H,15H2,(H,31,33). The Bertz CT molecular complexity index is 1410. The van der Waals surface area contributed by atoms with Gasteiger partial charge in [0, 0.05) is 11.3 Å². The quantitative estimate of drug-likeness (QED) is 0.417. The molecule has 36 heavy (non-hydrogen) atoms. The molecule has 3 aromatic rings. The normalized spacial score (nSPS) is 23.5. The summed E-state index contributed by atoms with van der Waals surface area (Å²) in [7, 11) is 0. The Kier molecular flexibility index (Phi) is 5.15. The predicted molar refractivity (Wildman–Crippen MR) is 132 cm³/mol. The fourth-order valence-electron chi connectivity index (χ4n) is 5.46. The lowest BCUT2D eigenvalue weighted by Gasteiger charge is -2.17. The molecule has 3 aliphatic rings. The van der Waals surface area contributed by atoms with Gasteiger partial charge in [0.15, 0.2) is 0 Å². The number of nitrogens with zero attached hydrogens (tertiary/aromatic N) is 2. The number of allylic oxidation sites excluding steroid dienone is 2. The predicted octanol–water partition coefficient (Wildman–Crippen LogP) is 4.91. The first-order chi connectivity index (χ1) is 17.5. The van der Waals surface area contributed by atoms with Crippen LogP contribution >= 0.6 is 0 Å². The number of nitrogens with one attached hydrogen (secondary N) is 1.